The van der Waals surface area contributed by atoms with Gasteiger partial charge in [0.15, 0.2) is 0 Å². The minimum absolute atomic E-state index is 0.0222. The molecule has 0 atom stereocenters. The summed E-state index contributed by atoms with van der Waals surface area (Å²) < 4.78 is 36.9. The number of thioether (sulfide) groups is 1. The zero-order valence-electron chi connectivity index (χ0n) is 14.1. The van der Waals surface area contributed by atoms with E-state index in [9.17, 15) is 22.8 Å². The Bertz CT molecular complexity index is 792. The van der Waals surface area contributed by atoms with E-state index in [-0.39, 0.29) is 40.6 Å². The molecule has 0 saturated carbocycles. The van der Waals surface area contributed by atoms with Crippen LogP contribution in [0.2, 0.25) is 0 Å². The number of carbonyl (C=O) groups excluding carboxylic acids is 2. The molecule has 0 bridgehead atoms. The second kappa shape index (κ2) is 8.27. The van der Waals surface area contributed by atoms with Crippen molar-refractivity contribution in [3.05, 3.63) is 59.7 Å². The van der Waals surface area contributed by atoms with E-state index < -0.39 is 5.51 Å². The summed E-state index contributed by atoms with van der Waals surface area (Å²) in [4.78, 5) is 25.1. The Morgan fingerprint density at radius 2 is 1.77 bits per heavy atom. The van der Waals surface area contributed by atoms with Gasteiger partial charge in [0.1, 0.15) is 0 Å². The molecule has 0 unspecified atom stereocenters. The number of alkyl halides is 3. The van der Waals surface area contributed by atoms with E-state index in [0.29, 0.717) is 5.69 Å². The highest BCUT2D eigenvalue weighted by Crippen LogP contribution is 2.36. The average molecular weight is 382 g/mol. The first kappa shape index (κ1) is 19.8. The quantitative estimate of drug-likeness (QED) is 0.788. The third-order valence-corrected chi connectivity index (χ3v) is 4.31. The van der Waals surface area contributed by atoms with Gasteiger partial charge in [-0.1, -0.05) is 12.1 Å². The molecule has 0 fully saturated rings. The normalized spacial score (nSPS) is 11.1. The van der Waals surface area contributed by atoms with Gasteiger partial charge in [-0.05, 0) is 53.7 Å². The van der Waals surface area contributed by atoms with Crippen LogP contribution in [-0.4, -0.2) is 24.4 Å². The fraction of sp³-hybridized carbons (Fsp3) is 0.222. The summed E-state index contributed by atoms with van der Waals surface area (Å²) in [6.45, 7) is 1.69. The van der Waals surface area contributed by atoms with Crippen LogP contribution in [-0.2, 0) is 11.3 Å². The number of hydrogen-bond acceptors (Lipinski definition) is 3. The van der Waals surface area contributed by atoms with Gasteiger partial charge in [-0.3, -0.25) is 9.59 Å². The van der Waals surface area contributed by atoms with Gasteiger partial charge in [-0.15, -0.1) is 0 Å². The van der Waals surface area contributed by atoms with Gasteiger partial charge in [0, 0.05) is 36.7 Å². The third-order valence-electron chi connectivity index (χ3n) is 3.57. The van der Waals surface area contributed by atoms with Crippen LogP contribution < -0.4 is 10.2 Å². The van der Waals surface area contributed by atoms with Gasteiger partial charge in [0.2, 0.25) is 5.91 Å². The summed E-state index contributed by atoms with van der Waals surface area (Å²) in [6, 6.07) is 12.4. The van der Waals surface area contributed by atoms with Crippen molar-refractivity contribution in [2.24, 2.45) is 0 Å². The SMILES string of the molecule is CC(=O)N(C)c1cccc(CNC(=O)c2ccc(SC(F)(F)F)cc2)c1. The molecule has 1 N–H and O–H groups in total. The lowest BCUT2D eigenvalue weighted by Gasteiger charge is -2.16. The lowest BCUT2D eigenvalue weighted by molar-refractivity contribution is -0.116. The molecule has 0 aliphatic carbocycles. The summed E-state index contributed by atoms with van der Waals surface area (Å²) in [5.74, 6) is -0.498. The van der Waals surface area contributed by atoms with Crippen molar-refractivity contribution in [3.63, 3.8) is 0 Å². The summed E-state index contributed by atoms with van der Waals surface area (Å²) in [5.41, 5.74) is -2.58. The summed E-state index contributed by atoms with van der Waals surface area (Å²) in [7, 11) is 1.65. The minimum Gasteiger partial charge on any atom is -0.348 e. The van der Waals surface area contributed by atoms with Gasteiger partial charge in [-0.2, -0.15) is 13.2 Å². The van der Waals surface area contributed by atoms with Crippen LogP contribution in [0.15, 0.2) is 53.4 Å². The lowest BCUT2D eigenvalue weighted by Crippen LogP contribution is -2.24. The molecule has 0 aromatic heterocycles. The van der Waals surface area contributed by atoms with E-state index in [1.54, 1.807) is 31.3 Å². The van der Waals surface area contributed by atoms with Crippen molar-refractivity contribution < 1.29 is 22.8 Å². The van der Waals surface area contributed by atoms with Crippen LogP contribution in [0.25, 0.3) is 0 Å². The van der Waals surface area contributed by atoms with Gasteiger partial charge in [0.25, 0.3) is 5.91 Å². The van der Waals surface area contributed by atoms with E-state index in [2.05, 4.69) is 5.32 Å². The molecule has 2 rings (SSSR count). The maximum absolute atomic E-state index is 12.3. The summed E-state index contributed by atoms with van der Waals surface area (Å²) in [6.07, 6.45) is 0. The van der Waals surface area contributed by atoms with Gasteiger partial charge >= 0.3 is 5.51 Å². The highest BCUT2D eigenvalue weighted by molar-refractivity contribution is 8.00. The predicted octanol–water partition coefficient (Wildman–Crippen LogP) is 4.21. The number of carbonyl (C=O) groups is 2. The van der Waals surface area contributed by atoms with Crippen LogP contribution in [0, 0.1) is 0 Å². The molecule has 2 aromatic rings. The second-order valence-electron chi connectivity index (χ2n) is 5.50. The highest BCUT2D eigenvalue weighted by atomic mass is 32.2. The topological polar surface area (TPSA) is 49.4 Å². The Hall–Kier alpha value is -2.48. The summed E-state index contributed by atoms with van der Waals surface area (Å²) in [5, 5.41) is 2.71. The molecular weight excluding hydrogens is 365 g/mol. The first-order valence-corrected chi connectivity index (χ1v) is 8.44. The fourth-order valence-corrected chi connectivity index (χ4v) is 2.69. The zero-order chi connectivity index (χ0) is 19.3. The van der Waals surface area contributed by atoms with Crippen molar-refractivity contribution in [2.75, 3.05) is 11.9 Å². The number of amides is 2. The molecule has 8 heteroatoms. The molecule has 0 heterocycles. The Morgan fingerprint density at radius 1 is 1.12 bits per heavy atom. The molecule has 2 amide bonds. The van der Waals surface area contributed by atoms with E-state index in [0.717, 1.165) is 5.56 Å². The van der Waals surface area contributed by atoms with Crippen LogP contribution in [0.1, 0.15) is 22.8 Å². The lowest BCUT2D eigenvalue weighted by atomic mass is 10.1. The minimum atomic E-state index is -4.36. The Kier molecular flexibility index (Phi) is 6.31. The van der Waals surface area contributed by atoms with E-state index in [4.69, 9.17) is 0 Å². The van der Waals surface area contributed by atoms with E-state index in [1.807, 2.05) is 0 Å². The molecule has 26 heavy (non-hydrogen) atoms. The van der Waals surface area contributed by atoms with Crippen molar-refractivity contribution in [2.45, 2.75) is 23.9 Å². The smallest absolute Gasteiger partial charge is 0.348 e. The number of benzene rings is 2. The predicted molar refractivity (Wildman–Crippen MR) is 95.1 cm³/mol. The average Bonchev–Trinajstić information content (AvgIpc) is 2.58. The third kappa shape index (κ3) is 5.80. The van der Waals surface area contributed by atoms with Crippen LogP contribution in [0.5, 0.6) is 0 Å². The largest absolute Gasteiger partial charge is 0.446 e. The van der Waals surface area contributed by atoms with Crippen LogP contribution >= 0.6 is 11.8 Å². The monoisotopic (exact) mass is 382 g/mol. The van der Waals surface area contributed by atoms with Gasteiger partial charge < -0.3 is 10.2 Å². The molecule has 4 nitrogen and oxygen atoms in total. The highest BCUT2D eigenvalue weighted by Gasteiger charge is 2.29. The first-order chi connectivity index (χ1) is 12.2. The van der Waals surface area contributed by atoms with E-state index in [1.165, 1.54) is 36.1 Å². The number of nitrogens with one attached hydrogen (secondary N) is 1. The Labute approximate surface area is 153 Å². The standard InChI is InChI=1S/C18H17F3N2O2S/c1-12(24)23(2)15-5-3-4-13(10-15)11-22-17(25)14-6-8-16(9-7-14)26-18(19,20)21/h3-10H,11H2,1-2H3,(H,22,25). The summed E-state index contributed by atoms with van der Waals surface area (Å²) >= 11 is -0.226. The van der Waals surface area contributed by atoms with Crippen LogP contribution in [0.3, 0.4) is 0 Å². The van der Waals surface area contributed by atoms with Crippen molar-refractivity contribution >= 4 is 29.3 Å². The number of anilines is 1. The molecule has 138 valence electrons. The first-order valence-electron chi connectivity index (χ1n) is 7.63. The number of hydrogen-bond donors (Lipinski definition) is 1. The molecule has 0 spiro atoms. The fourth-order valence-electron chi connectivity index (χ4n) is 2.15. The van der Waals surface area contributed by atoms with Crippen molar-refractivity contribution in [1.29, 1.82) is 0 Å². The molecular formula is C18H17F3N2O2S. The Balaban J connectivity index is 1.98. The van der Waals surface area contributed by atoms with Crippen molar-refractivity contribution in [1.82, 2.24) is 5.32 Å². The molecule has 0 radical (unpaired) electrons. The molecule has 2 aromatic carbocycles. The number of halogens is 3. The number of nitrogens with zero attached hydrogens (tertiary/aromatic N) is 1. The van der Waals surface area contributed by atoms with Crippen molar-refractivity contribution in [3.8, 4) is 0 Å². The van der Waals surface area contributed by atoms with E-state index >= 15 is 0 Å². The molecule has 0 saturated heterocycles. The van der Waals surface area contributed by atoms with Gasteiger partial charge in [-0.25, -0.2) is 0 Å². The second-order valence-corrected chi connectivity index (χ2v) is 6.64. The van der Waals surface area contributed by atoms with Gasteiger partial charge in [0.05, 0.1) is 0 Å². The zero-order valence-corrected chi connectivity index (χ0v) is 14.9. The molecule has 0 aliphatic heterocycles. The number of rotatable bonds is 5. The molecule has 0 aliphatic rings. The maximum Gasteiger partial charge on any atom is 0.446 e. The Morgan fingerprint density at radius 3 is 2.35 bits per heavy atom. The van der Waals surface area contributed by atoms with Crippen LogP contribution in [0.4, 0.5) is 18.9 Å². The maximum atomic E-state index is 12.3.